The number of hydrogen-bond acceptors (Lipinski definition) is 5. The van der Waals surface area contributed by atoms with E-state index in [-0.39, 0.29) is 11.3 Å². The van der Waals surface area contributed by atoms with Gasteiger partial charge in [-0.3, -0.25) is 4.79 Å². The minimum atomic E-state index is -1.11. The average Bonchev–Trinajstić information content (AvgIpc) is 3.01. The summed E-state index contributed by atoms with van der Waals surface area (Å²) in [6.07, 6.45) is 0.248. The molecule has 28 heavy (non-hydrogen) atoms. The molecule has 144 valence electrons. The Labute approximate surface area is 161 Å². The molecule has 3 rings (SSSR count). The number of carbonyl (C=O) groups excluding carboxylic acids is 2. The van der Waals surface area contributed by atoms with Crippen molar-refractivity contribution >= 4 is 17.6 Å². The van der Waals surface area contributed by atoms with E-state index in [0.29, 0.717) is 5.82 Å². The zero-order valence-electron chi connectivity index (χ0n) is 15.6. The van der Waals surface area contributed by atoms with Gasteiger partial charge in [0.15, 0.2) is 11.9 Å². The molecule has 7 nitrogen and oxygen atoms in total. The first-order chi connectivity index (χ1) is 13.3. The molecule has 0 aliphatic rings. The average molecular weight is 382 g/mol. The fraction of sp³-hybridized carbons (Fsp3) is 0.200. The maximum Gasteiger partial charge on any atom is 0.340 e. The van der Waals surface area contributed by atoms with Crippen LogP contribution in [0.4, 0.5) is 10.1 Å². The third-order valence-electron chi connectivity index (χ3n) is 3.99. The highest BCUT2D eigenvalue weighted by atomic mass is 19.1. The van der Waals surface area contributed by atoms with Crippen molar-refractivity contribution in [3.05, 3.63) is 71.4 Å². The summed E-state index contributed by atoms with van der Waals surface area (Å²) in [5.74, 6) is -1.35. The van der Waals surface area contributed by atoms with Crippen molar-refractivity contribution in [1.82, 2.24) is 14.8 Å². The van der Waals surface area contributed by atoms with Crippen LogP contribution in [0.25, 0.3) is 5.82 Å². The van der Waals surface area contributed by atoms with Crippen molar-refractivity contribution in [3.63, 3.8) is 0 Å². The summed E-state index contributed by atoms with van der Waals surface area (Å²) in [5, 5.41) is 6.72. The van der Waals surface area contributed by atoms with E-state index in [1.54, 1.807) is 22.9 Å². The predicted molar refractivity (Wildman–Crippen MR) is 101 cm³/mol. The summed E-state index contributed by atoms with van der Waals surface area (Å²) < 4.78 is 20.4. The molecular formula is C20H19FN4O3. The zero-order chi connectivity index (χ0) is 20.3. The van der Waals surface area contributed by atoms with E-state index in [1.807, 2.05) is 19.9 Å². The maximum absolute atomic E-state index is 13.6. The van der Waals surface area contributed by atoms with Crippen molar-refractivity contribution in [3.8, 4) is 5.82 Å². The number of ether oxygens (including phenoxy) is 1. The third kappa shape index (κ3) is 4.22. The normalized spacial score (nSPS) is 11.7. The number of esters is 1. The van der Waals surface area contributed by atoms with Gasteiger partial charge in [0.25, 0.3) is 5.91 Å². The SMILES string of the molecule is Cc1cc(C)n(-c2ccc(C(=O)OC(C)C(=O)Nc3ccccc3F)cn2)n1. The fourth-order valence-corrected chi connectivity index (χ4v) is 2.57. The lowest BCUT2D eigenvalue weighted by Crippen LogP contribution is -2.30. The number of pyridine rings is 1. The quantitative estimate of drug-likeness (QED) is 0.685. The molecule has 1 unspecified atom stereocenters. The molecule has 3 aromatic rings. The van der Waals surface area contributed by atoms with Crippen LogP contribution in [0.3, 0.4) is 0 Å². The molecule has 0 bridgehead atoms. The lowest BCUT2D eigenvalue weighted by molar-refractivity contribution is -0.123. The van der Waals surface area contributed by atoms with Crippen molar-refractivity contribution in [2.24, 2.45) is 0 Å². The highest BCUT2D eigenvalue weighted by molar-refractivity contribution is 5.97. The van der Waals surface area contributed by atoms with E-state index in [9.17, 15) is 14.0 Å². The predicted octanol–water partition coefficient (Wildman–Crippen LogP) is 3.21. The lowest BCUT2D eigenvalue weighted by Gasteiger charge is -2.14. The molecular weight excluding hydrogens is 363 g/mol. The van der Waals surface area contributed by atoms with Crippen LogP contribution in [0.2, 0.25) is 0 Å². The van der Waals surface area contributed by atoms with Gasteiger partial charge in [-0.2, -0.15) is 5.10 Å². The molecule has 0 fully saturated rings. The Morgan fingerprint density at radius 3 is 2.54 bits per heavy atom. The number of para-hydroxylation sites is 1. The van der Waals surface area contributed by atoms with Gasteiger partial charge in [0.05, 0.1) is 16.9 Å². The number of anilines is 1. The van der Waals surface area contributed by atoms with Gasteiger partial charge in [-0.25, -0.2) is 18.9 Å². The molecule has 0 saturated carbocycles. The first kappa shape index (κ1) is 19.2. The monoisotopic (exact) mass is 382 g/mol. The second-order valence-electron chi connectivity index (χ2n) is 6.26. The number of benzene rings is 1. The largest absolute Gasteiger partial charge is 0.449 e. The van der Waals surface area contributed by atoms with Gasteiger partial charge in [0.2, 0.25) is 0 Å². The Morgan fingerprint density at radius 2 is 1.93 bits per heavy atom. The second-order valence-corrected chi connectivity index (χ2v) is 6.26. The molecule has 0 radical (unpaired) electrons. The Morgan fingerprint density at radius 1 is 1.18 bits per heavy atom. The molecule has 2 heterocycles. The number of nitrogens with one attached hydrogen (secondary N) is 1. The Balaban J connectivity index is 1.64. The molecule has 0 spiro atoms. The van der Waals surface area contributed by atoms with Crippen LogP contribution in [0.5, 0.6) is 0 Å². The van der Waals surface area contributed by atoms with Crippen molar-refractivity contribution in [2.45, 2.75) is 26.9 Å². The number of carbonyl (C=O) groups is 2. The number of hydrogen-bond donors (Lipinski definition) is 1. The summed E-state index contributed by atoms with van der Waals surface area (Å²) >= 11 is 0. The van der Waals surface area contributed by atoms with Crippen LogP contribution in [0, 0.1) is 19.7 Å². The van der Waals surface area contributed by atoms with Crippen LogP contribution < -0.4 is 5.32 Å². The number of nitrogens with zero attached hydrogens (tertiary/aromatic N) is 3. The van der Waals surface area contributed by atoms with Gasteiger partial charge in [0, 0.05) is 11.9 Å². The standard InChI is InChI=1S/C20H19FN4O3/c1-12-10-13(2)25(24-12)18-9-8-15(11-22-18)20(27)28-14(3)19(26)23-17-7-5-4-6-16(17)21/h4-11,14H,1-3H3,(H,23,26). The molecule has 1 atom stereocenters. The van der Waals surface area contributed by atoms with E-state index in [4.69, 9.17) is 4.74 Å². The number of halogens is 1. The summed E-state index contributed by atoms with van der Waals surface area (Å²) in [7, 11) is 0. The highest BCUT2D eigenvalue weighted by Gasteiger charge is 2.20. The zero-order valence-corrected chi connectivity index (χ0v) is 15.6. The van der Waals surface area contributed by atoms with Gasteiger partial charge in [-0.05, 0) is 51.1 Å². The molecule has 0 saturated heterocycles. The molecule has 0 aliphatic carbocycles. The lowest BCUT2D eigenvalue weighted by atomic mass is 10.2. The van der Waals surface area contributed by atoms with Crippen LogP contribution in [0.1, 0.15) is 28.7 Å². The Bertz CT molecular complexity index is 1010. The first-order valence-corrected chi connectivity index (χ1v) is 8.61. The van der Waals surface area contributed by atoms with E-state index >= 15 is 0 Å². The maximum atomic E-state index is 13.6. The van der Waals surface area contributed by atoms with Gasteiger partial charge >= 0.3 is 5.97 Å². The van der Waals surface area contributed by atoms with Crippen molar-refractivity contribution < 1.29 is 18.7 Å². The molecule has 1 N–H and O–H groups in total. The molecule has 0 aliphatic heterocycles. The number of amides is 1. The summed E-state index contributed by atoms with van der Waals surface area (Å²) in [4.78, 5) is 28.6. The Kier molecular flexibility index (Phi) is 5.49. The molecule has 1 aromatic carbocycles. The minimum absolute atomic E-state index is 0.0197. The summed E-state index contributed by atoms with van der Waals surface area (Å²) in [6, 6.07) is 10.8. The van der Waals surface area contributed by atoms with Crippen LogP contribution in [-0.2, 0) is 9.53 Å². The molecule has 8 heteroatoms. The van der Waals surface area contributed by atoms with E-state index in [1.165, 1.54) is 31.3 Å². The Hall–Kier alpha value is -3.55. The van der Waals surface area contributed by atoms with Gasteiger partial charge in [-0.1, -0.05) is 12.1 Å². The highest BCUT2D eigenvalue weighted by Crippen LogP contribution is 2.14. The van der Waals surface area contributed by atoms with Gasteiger partial charge in [-0.15, -0.1) is 0 Å². The summed E-state index contributed by atoms with van der Waals surface area (Å²) in [6.45, 7) is 5.19. The smallest absolute Gasteiger partial charge is 0.340 e. The summed E-state index contributed by atoms with van der Waals surface area (Å²) in [5.41, 5.74) is 1.98. The molecule has 1 amide bonds. The minimum Gasteiger partial charge on any atom is -0.449 e. The van der Waals surface area contributed by atoms with Gasteiger partial charge in [0.1, 0.15) is 5.82 Å². The number of aryl methyl sites for hydroxylation is 2. The van der Waals surface area contributed by atoms with Gasteiger partial charge < -0.3 is 10.1 Å². The van der Waals surface area contributed by atoms with E-state index < -0.39 is 23.8 Å². The topological polar surface area (TPSA) is 86.1 Å². The fourth-order valence-electron chi connectivity index (χ4n) is 2.57. The third-order valence-corrected chi connectivity index (χ3v) is 3.99. The second kappa shape index (κ2) is 7.99. The first-order valence-electron chi connectivity index (χ1n) is 8.61. The van der Waals surface area contributed by atoms with Crippen LogP contribution >= 0.6 is 0 Å². The van der Waals surface area contributed by atoms with Crippen molar-refractivity contribution in [1.29, 1.82) is 0 Å². The van der Waals surface area contributed by atoms with Crippen molar-refractivity contribution in [2.75, 3.05) is 5.32 Å². The number of aromatic nitrogens is 3. The van der Waals surface area contributed by atoms with E-state index in [0.717, 1.165) is 11.4 Å². The number of rotatable bonds is 5. The van der Waals surface area contributed by atoms with Crippen LogP contribution in [0.15, 0.2) is 48.7 Å². The van der Waals surface area contributed by atoms with Crippen LogP contribution in [-0.4, -0.2) is 32.7 Å². The molecule has 2 aromatic heterocycles. The van der Waals surface area contributed by atoms with E-state index in [2.05, 4.69) is 15.4 Å².